The van der Waals surface area contributed by atoms with Gasteiger partial charge in [-0.1, -0.05) is 68.3 Å². The minimum atomic E-state index is -0.699. The smallest absolute Gasteiger partial charge is 0.347 e. The third kappa shape index (κ3) is 4.88. The standard InChI is InChI=1S/C29H28O5/c1-4-5-6-7-19-8-10-20(11-9-19)21-12-14-22(15-13-21)28(30)25-18-24-26(33-3)16-23(32-2)17-27(24)34-29(25)31/h8-18H,4-7H2,1-3H3. The molecule has 0 atom stereocenters. The van der Waals surface area contributed by atoms with Gasteiger partial charge in [-0.25, -0.2) is 4.79 Å². The summed E-state index contributed by atoms with van der Waals surface area (Å²) < 4.78 is 16.0. The van der Waals surface area contributed by atoms with E-state index in [1.54, 1.807) is 24.3 Å². The topological polar surface area (TPSA) is 65.7 Å². The number of ketones is 1. The van der Waals surface area contributed by atoms with Crippen LogP contribution in [0.2, 0.25) is 0 Å². The van der Waals surface area contributed by atoms with Gasteiger partial charge in [0.25, 0.3) is 0 Å². The van der Waals surface area contributed by atoms with Crippen molar-refractivity contribution in [2.45, 2.75) is 32.6 Å². The van der Waals surface area contributed by atoms with Gasteiger partial charge in [-0.15, -0.1) is 0 Å². The number of benzene rings is 3. The van der Waals surface area contributed by atoms with Crippen LogP contribution in [-0.2, 0) is 6.42 Å². The highest BCUT2D eigenvalue weighted by Gasteiger charge is 2.18. The summed E-state index contributed by atoms with van der Waals surface area (Å²) in [4.78, 5) is 25.7. The molecule has 3 aromatic carbocycles. The summed E-state index contributed by atoms with van der Waals surface area (Å²) in [6.45, 7) is 2.21. The van der Waals surface area contributed by atoms with Crippen molar-refractivity contribution in [1.29, 1.82) is 0 Å². The molecule has 0 saturated carbocycles. The lowest BCUT2D eigenvalue weighted by Crippen LogP contribution is -2.15. The second kappa shape index (κ2) is 10.4. The van der Waals surface area contributed by atoms with Crippen molar-refractivity contribution in [3.63, 3.8) is 0 Å². The lowest BCUT2D eigenvalue weighted by atomic mass is 9.98. The van der Waals surface area contributed by atoms with E-state index < -0.39 is 11.4 Å². The minimum Gasteiger partial charge on any atom is -0.496 e. The Labute approximate surface area is 199 Å². The molecule has 1 heterocycles. The Hall–Kier alpha value is -3.86. The van der Waals surface area contributed by atoms with Crippen LogP contribution in [-0.4, -0.2) is 20.0 Å². The summed E-state index contributed by atoms with van der Waals surface area (Å²) in [5.74, 6) is 0.558. The van der Waals surface area contributed by atoms with E-state index in [4.69, 9.17) is 13.9 Å². The monoisotopic (exact) mass is 456 g/mol. The largest absolute Gasteiger partial charge is 0.496 e. The molecule has 0 spiro atoms. The van der Waals surface area contributed by atoms with Crippen LogP contribution in [0.15, 0.2) is 75.9 Å². The van der Waals surface area contributed by atoms with Crippen LogP contribution in [0.25, 0.3) is 22.1 Å². The number of hydrogen-bond donors (Lipinski definition) is 0. The number of rotatable bonds is 9. The van der Waals surface area contributed by atoms with Gasteiger partial charge in [-0.05, 0) is 35.6 Å². The van der Waals surface area contributed by atoms with Crippen LogP contribution in [0.4, 0.5) is 0 Å². The predicted octanol–water partition coefficient (Wildman–Crippen LogP) is 6.44. The summed E-state index contributed by atoms with van der Waals surface area (Å²) in [5, 5.41) is 0.530. The van der Waals surface area contributed by atoms with Crippen LogP contribution in [0.5, 0.6) is 11.5 Å². The fourth-order valence-corrected chi connectivity index (χ4v) is 4.02. The second-order valence-corrected chi connectivity index (χ2v) is 8.25. The average Bonchev–Trinajstić information content (AvgIpc) is 2.87. The first kappa shape index (κ1) is 23.3. The van der Waals surface area contributed by atoms with E-state index in [1.807, 2.05) is 12.1 Å². The molecule has 1 aromatic heterocycles. The van der Waals surface area contributed by atoms with E-state index in [0.29, 0.717) is 28.0 Å². The van der Waals surface area contributed by atoms with Gasteiger partial charge in [0.1, 0.15) is 22.6 Å². The molecule has 0 bridgehead atoms. The quantitative estimate of drug-likeness (QED) is 0.165. The zero-order valence-corrected chi connectivity index (χ0v) is 19.7. The van der Waals surface area contributed by atoms with E-state index >= 15 is 0 Å². The lowest BCUT2D eigenvalue weighted by Gasteiger charge is -2.09. The summed E-state index contributed by atoms with van der Waals surface area (Å²) in [7, 11) is 3.03. The Bertz CT molecular complexity index is 1350. The van der Waals surface area contributed by atoms with Gasteiger partial charge in [-0.2, -0.15) is 0 Å². The van der Waals surface area contributed by atoms with Crippen molar-refractivity contribution in [1.82, 2.24) is 0 Å². The van der Waals surface area contributed by atoms with Gasteiger partial charge < -0.3 is 13.9 Å². The van der Waals surface area contributed by atoms with Crippen LogP contribution in [0.1, 0.15) is 47.7 Å². The van der Waals surface area contributed by atoms with E-state index in [1.165, 1.54) is 45.1 Å². The summed E-state index contributed by atoms with van der Waals surface area (Å²) >= 11 is 0. The summed E-state index contributed by atoms with van der Waals surface area (Å²) in [6, 6.07) is 20.6. The molecular formula is C29H28O5. The SMILES string of the molecule is CCCCCc1ccc(-c2ccc(C(=O)c3cc4c(OC)cc(OC)cc4oc3=O)cc2)cc1. The highest BCUT2D eigenvalue weighted by Crippen LogP contribution is 2.31. The maximum absolute atomic E-state index is 13.1. The highest BCUT2D eigenvalue weighted by atomic mass is 16.5. The van der Waals surface area contributed by atoms with Crippen LogP contribution in [0.3, 0.4) is 0 Å². The van der Waals surface area contributed by atoms with Crippen LogP contribution >= 0.6 is 0 Å². The van der Waals surface area contributed by atoms with E-state index in [2.05, 4.69) is 31.2 Å². The van der Waals surface area contributed by atoms with Gasteiger partial charge in [0.15, 0.2) is 5.78 Å². The van der Waals surface area contributed by atoms with Gasteiger partial charge in [-0.3, -0.25) is 4.79 Å². The zero-order chi connectivity index (χ0) is 24.1. The third-order valence-electron chi connectivity index (χ3n) is 5.99. The van der Waals surface area contributed by atoms with Crippen molar-refractivity contribution in [3.8, 4) is 22.6 Å². The summed E-state index contributed by atoms with van der Waals surface area (Å²) in [6.07, 6.45) is 4.75. The number of carbonyl (C=O) groups is 1. The van der Waals surface area contributed by atoms with Crippen molar-refractivity contribution in [3.05, 3.63) is 93.8 Å². The molecule has 34 heavy (non-hydrogen) atoms. The van der Waals surface area contributed by atoms with Gasteiger partial charge >= 0.3 is 5.63 Å². The van der Waals surface area contributed by atoms with Gasteiger partial charge in [0.2, 0.25) is 0 Å². The molecule has 0 saturated heterocycles. The van der Waals surface area contributed by atoms with E-state index in [9.17, 15) is 9.59 Å². The molecule has 0 amide bonds. The Morgan fingerprint density at radius 2 is 1.53 bits per heavy atom. The number of aryl methyl sites for hydroxylation is 1. The fourth-order valence-electron chi connectivity index (χ4n) is 4.02. The van der Waals surface area contributed by atoms with Gasteiger partial charge in [0.05, 0.1) is 19.6 Å². The van der Waals surface area contributed by atoms with Crippen molar-refractivity contribution in [2.24, 2.45) is 0 Å². The van der Waals surface area contributed by atoms with Gasteiger partial charge in [0, 0.05) is 17.7 Å². The Kier molecular flexibility index (Phi) is 7.12. The second-order valence-electron chi connectivity index (χ2n) is 8.25. The van der Waals surface area contributed by atoms with Crippen LogP contribution < -0.4 is 15.1 Å². The number of ether oxygens (including phenoxy) is 2. The maximum Gasteiger partial charge on any atom is 0.347 e. The van der Waals surface area contributed by atoms with Crippen molar-refractivity contribution in [2.75, 3.05) is 14.2 Å². The number of fused-ring (bicyclic) bond motifs is 1. The van der Waals surface area contributed by atoms with Crippen molar-refractivity contribution < 1.29 is 18.7 Å². The average molecular weight is 457 g/mol. The number of methoxy groups -OCH3 is 2. The maximum atomic E-state index is 13.1. The van der Waals surface area contributed by atoms with E-state index in [0.717, 1.165) is 17.5 Å². The molecule has 0 aliphatic carbocycles. The first-order chi connectivity index (χ1) is 16.5. The molecule has 174 valence electrons. The molecule has 5 nitrogen and oxygen atoms in total. The highest BCUT2D eigenvalue weighted by molar-refractivity contribution is 6.10. The Morgan fingerprint density at radius 1 is 0.853 bits per heavy atom. The van der Waals surface area contributed by atoms with Crippen LogP contribution in [0, 0.1) is 0 Å². The molecule has 4 rings (SSSR count). The molecule has 0 aliphatic heterocycles. The molecule has 0 radical (unpaired) electrons. The van der Waals surface area contributed by atoms with Crippen molar-refractivity contribution >= 4 is 16.8 Å². The molecule has 5 heteroatoms. The molecule has 0 unspecified atom stereocenters. The first-order valence-corrected chi connectivity index (χ1v) is 11.5. The molecular weight excluding hydrogens is 428 g/mol. The molecule has 0 aliphatic rings. The first-order valence-electron chi connectivity index (χ1n) is 11.5. The normalized spacial score (nSPS) is 10.9. The molecule has 0 fully saturated rings. The summed E-state index contributed by atoms with van der Waals surface area (Å²) in [5.41, 5.74) is 3.40. The molecule has 4 aromatic rings. The lowest BCUT2D eigenvalue weighted by molar-refractivity contribution is 0.103. The third-order valence-corrected chi connectivity index (χ3v) is 5.99. The Morgan fingerprint density at radius 3 is 2.15 bits per heavy atom. The van der Waals surface area contributed by atoms with E-state index in [-0.39, 0.29) is 5.56 Å². The number of unbranched alkanes of at least 4 members (excludes halogenated alkanes) is 2. The molecule has 0 N–H and O–H groups in total. The number of hydrogen-bond acceptors (Lipinski definition) is 5. The minimum absolute atomic E-state index is 0.0415. The Balaban J connectivity index is 1.59. The zero-order valence-electron chi connectivity index (χ0n) is 19.7. The fraction of sp³-hybridized carbons (Fsp3) is 0.241. The number of carbonyl (C=O) groups excluding carboxylic acids is 1. The predicted molar refractivity (Wildman–Crippen MR) is 134 cm³/mol.